The van der Waals surface area contributed by atoms with Crippen LogP contribution in [0, 0.1) is 18.3 Å². The zero-order chi connectivity index (χ0) is 18.6. The first-order chi connectivity index (χ1) is 11.8. The monoisotopic (exact) mass is 344 g/mol. The molecule has 2 aromatic rings. The maximum atomic E-state index is 12.5. The third-order valence-corrected chi connectivity index (χ3v) is 3.45. The summed E-state index contributed by atoms with van der Waals surface area (Å²) in [6.07, 6.45) is 0. The van der Waals surface area contributed by atoms with E-state index in [1.165, 1.54) is 37.3 Å². The highest BCUT2D eigenvalue weighted by atomic mass is 19.3. The lowest BCUT2D eigenvalue weighted by Crippen LogP contribution is -2.15. The van der Waals surface area contributed by atoms with Crippen molar-refractivity contribution in [2.24, 2.45) is 0 Å². The molecular weight excluding hydrogens is 330 g/mol. The third kappa shape index (κ3) is 4.38. The van der Waals surface area contributed by atoms with Crippen molar-refractivity contribution >= 4 is 17.4 Å². The van der Waals surface area contributed by atoms with Crippen LogP contribution < -0.4 is 10.1 Å². The van der Waals surface area contributed by atoms with Crippen LogP contribution in [0.3, 0.4) is 0 Å². The zero-order valence-electron chi connectivity index (χ0n) is 13.5. The average molecular weight is 344 g/mol. The van der Waals surface area contributed by atoms with Crippen molar-refractivity contribution in [2.75, 3.05) is 5.32 Å². The van der Waals surface area contributed by atoms with E-state index in [9.17, 15) is 18.4 Å². The minimum absolute atomic E-state index is 0.0608. The fourth-order valence-corrected chi connectivity index (χ4v) is 2.23. The molecule has 0 atom stereocenters. The van der Waals surface area contributed by atoms with E-state index < -0.39 is 12.5 Å². The Morgan fingerprint density at radius 2 is 1.92 bits per heavy atom. The van der Waals surface area contributed by atoms with E-state index in [4.69, 9.17) is 5.26 Å². The number of anilines is 1. The van der Waals surface area contributed by atoms with Crippen LogP contribution in [-0.4, -0.2) is 18.3 Å². The summed E-state index contributed by atoms with van der Waals surface area (Å²) in [7, 11) is 0. The fourth-order valence-electron chi connectivity index (χ4n) is 2.23. The van der Waals surface area contributed by atoms with E-state index in [0.717, 1.165) is 5.56 Å². The van der Waals surface area contributed by atoms with Crippen molar-refractivity contribution in [3.05, 3.63) is 58.7 Å². The number of rotatable bonds is 5. The number of hydrogen-bond acceptors (Lipinski definition) is 4. The number of ether oxygens (including phenoxy) is 1. The normalized spacial score (nSPS) is 10.2. The number of aryl methyl sites for hydroxylation is 1. The quantitative estimate of drug-likeness (QED) is 0.834. The van der Waals surface area contributed by atoms with Gasteiger partial charge >= 0.3 is 6.61 Å². The molecule has 2 rings (SSSR count). The van der Waals surface area contributed by atoms with Gasteiger partial charge in [0.1, 0.15) is 5.75 Å². The molecule has 0 heterocycles. The molecule has 0 bridgehead atoms. The predicted molar refractivity (Wildman–Crippen MR) is 86.9 cm³/mol. The SMILES string of the molecule is CC(=O)c1cc(C(=O)Nc2cc(C#N)ccc2OC(F)F)ccc1C. The second kappa shape index (κ2) is 7.53. The van der Waals surface area contributed by atoms with E-state index >= 15 is 0 Å². The molecule has 1 amide bonds. The number of Topliss-reactive ketones (excluding diaryl/α,β-unsaturated/α-hetero) is 1. The fraction of sp³-hybridized carbons (Fsp3) is 0.167. The summed E-state index contributed by atoms with van der Waals surface area (Å²) >= 11 is 0. The molecular formula is C18H14F2N2O3. The number of carbonyl (C=O) groups excluding carboxylic acids is 2. The van der Waals surface area contributed by atoms with Gasteiger partial charge < -0.3 is 10.1 Å². The number of ketones is 1. The smallest absolute Gasteiger partial charge is 0.387 e. The van der Waals surface area contributed by atoms with Crippen molar-refractivity contribution in [1.82, 2.24) is 0 Å². The molecule has 0 aliphatic rings. The zero-order valence-corrected chi connectivity index (χ0v) is 13.5. The molecule has 128 valence electrons. The molecule has 5 nitrogen and oxygen atoms in total. The minimum Gasteiger partial charge on any atom is -0.433 e. The molecule has 0 spiro atoms. The average Bonchev–Trinajstić information content (AvgIpc) is 2.56. The molecule has 0 aliphatic heterocycles. The van der Waals surface area contributed by atoms with Crippen molar-refractivity contribution in [3.63, 3.8) is 0 Å². The maximum Gasteiger partial charge on any atom is 0.387 e. The number of amides is 1. The molecule has 0 aliphatic carbocycles. The molecule has 0 aromatic heterocycles. The largest absolute Gasteiger partial charge is 0.433 e. The number of benzene rings is 2. The highest BCUT2D eigenvalue weighted by Crippen LogP contribution is 2.28. The van der Waals surface area contributed by atoms with Gasteiger partial charge in [-0.3, -0.25) is 9.59 Å². The van der Waals surface area contributed by atoms with Crippen LogP contribution in [0.2, 0.25) is 0 Å². The van der Waals surface area contributed by atoms with Crippen LogP contribution in [0.4, 0.5) is 14.5 Å². The van der Waals surface area contributed by atoms with Gasteiger partial charge in [0.15, 0.2) is 5.78 Å². The number of nitrogens with zero attached hydrogens (tertiary/aromatic N) is 1. The van der Waals surface area contributed by atoms with Crippen LogP contribution in [0.1, 0.15) is 38.8 Å². The first-order valence-electron chi connectivity index (χ1n) is 7.23. The summed E-state index contributed by atoms with van der Waals surface area (Å²) < 4.78 is 29.3. The van der Waals surface area contributed by atoms with Crippen molar-refractivity contribution in [2.45, 2.75) is 20.5 Å². The van der Waals surface area contributed by atoms with Crippen LogP contribution in [0.25, 0.3) is 0 Å². The van der Waals surface area contributed by atoms with E-state index in [-0.39, 0.29) is 28.3 Å². The molecule has 0 saturated heterocycles. The van der Waals surface area contributed by atoms with E-state index in [0.29, 0.717) is 5.56 Å². The molecule has 1 N–H and O–H groups in total. The van der Waals surface area contributed by atoms with Crippen LogP contribution in [0.5, 0.6) is 5.75 Å². The highest BCUT2D eigenvalue weighted by molar-refractivity contribution is 6.07. The Labute approximate surface area is 142 Å². The Bertz CT molecular complexity index is 873. The van der Waals surface area contributed by atoms with Gasteiger partial charge in [0.05, 0.1) is 17.3 Å². The third-order valence-electron chi connectivity index (χ3n) is 3.45. The lowest BCUT2D eigenvalue weighted by molar-refractivity contribution is -0.0493. The molecule has 0 radical (unpaired) electrons. The van der Waals surface area contributed by atoms with E-state index in [2.05, 4.69) is 10.1 Å². The van der Waals surface area contributed by atoms with Gasteiger partial charge in [-0.25, -0.2) is 0 Å². The Balaban J connectivity index is 2.35. The van der Waals surface area contributed by atoms with Crippen LogP contribution in [0.15, 0.2) is 36.4 Å². The van der Waals surface area contributed by atoms with Crippen molar-refractivity contribution < 1.29 is 23.1 Å². The highest BCUT2D eigenvalue weighted by Gasteiger charge is 2.15. The number of nitrogens with one attached hydrogen (secondary N) is 1. The van der Waals surface area contributed by atoms with Gasteiger partial charge in [-0.15, -0.1) is 0 Å². The number of halogens is 2. The Hall–Kier alpha value is -3.27. The molecule has 0 unspecified atom stereocenters. The van der Waals surface area contributed by atoms with Gasteiger partial charge in [0.25, 0.3) is 5.91 Å². The lowest BCUT2D eigenvalue weighted by Gasteiger charge is -2.13. The van der Waals surface area contributed by atoms with Gasteiger partial charge in [0.2, 0.25) is 0 Å². The second-order valence-electron chi connectivity index (χ2n) is 5.24. The van der Waals surface area contributed by atoms with Gasteiger partial charge in [0, 0.05) is 11.1 Å². The Morgan fingerprint density at radius 1 is 1.20 bits per heavy atom. The maximum absolute atomic E-state index is 12.5. The summed E-state index contributed by atoms with van der Waals surface area (Å²) in [6, 6.07) is 10.1. The summed E-state index contributed by atoms with van der Waals surface area (Å²) in [4.78, 5) is 24.0. The number of nitriles is 1. The molecule has 0 fully saturated rings. The Morgan fingerprint density at radius 3 is 2.52 bits per heavy atom. The molecule has 7 heteroatoms. The number of carbonyl (C=O) groups is 2. The number of alkyl halides is 2. The second-order valence-corrected chi connectivity index (χ2v) is 5.24. The van der Waals surface area contributed by atoms with Gasteiger partial charge in [-0.2, -0.15) is 14.0 Å². The first kappa shape index (κ1) is 18.1. The summed E-state index contributed by atoms with van der Waals surface area (Å²) in [6.45, 7) is 0.0468. The van der Waals surface area contributed by atoms with Crippen LogP contribution >= 0.6 is 0 Å². The lowest BCUT2D eigenvalue weighted by atomic mass is 10.0. The van der Waals surface area contributed by atoms with E-state index in [1.54, 1.807) is 13.0 Å². The molecule has 25 heavy (non-hydrogen) atoms. The van der Waals surface area contributed by atoms with Crippen molar-refractivity contribution in [3.8, 4) is 11.8 Å². The standard InChI is InChI=1S/C18H14F2N2O3/c1-10-3-5-13(8-14(10)11(2)23)17(24)22-15-7-12(9-21)4-6-16(15)25-18(19)20/h3-8,18H,1-2H3,(H,22,24). The van der Waals surface area contributed by atoms with Gasteiger partial charge in [-0.05, 0) is 49.7 Å². The summed E-state index contributed by atoms with van der Waals surface area (Å²) in [5.41, 5.74) is 1.40. The van der Waals surface area contributed by atoms with E-state index in [1.807, 2.05) is 6.07 Å². The summed E-state index contributed by atoms with van der Waals surface area (Å²) in [5, 5.41) is 11.4. The van der Waals surface area contributed by atoms with Gasteiger partial charge in [-0.1, -0.05) is 6.07 Å². The predicted octanol–water partition coefficient (Wildman–Crippen LogP) is 3.92. The minimum atomic E-state index is -3.08. The molecule has 0 saturated carbocycles. The Kier molecular flexibility index (Phi) is 5.45. The first-order valence-corrected chi connectivity index (χ1v) is 7.23. The molecule has 2 aromatic carbocycles. The topological polar surface area (TPSA) is 79.2 Å². The van der Waals surface area contributed by atoms with Crippen LogP contribution in [-0.2, 0) is 0 Å². The number of hydrogen-bond donors (Lipinski definition) is 1. The van der Waals surface area contributed by atoms with Crippen molar-refractivity contribution in [1.29, 1.82) is 5.26 Å². The summed E-state index contributed by atoms with van der Waals surface area (Å²) in [5.74, 6) is -1.07.